The van der Waals surface area contributed by atoms with E-state index in [9.17, 15) is 4.79 Å². The number of hydrogen-bond acceptors (Lipinski definition) is 5. The Morgan fingerprint density at radius 1 is 0.854 bits per heavy atom. The van der Waals surface area contributed by atoms with Crippen molar-refractivity contribution < 1.29 is 9.90 Å². The maximum Gasteiger partial charge on any atom is 0.346 e. The molecule has 41 heavy (non-hydrogen) atoms. The highest BCUT2D eigenvalue weighted by Crippen LogP contribution is 2.39. The zero-order valence-electron chi connectivity index (χ0n) is 22.0. The van der Waals surface area contributed by atoms with E-state index in [4.69, 9.17) is 15.4 Å². The van der Waals surface area contributed by atoms with Crippen LogP contribution in [0.5, 0.6) is 0 Å². The summed E-state index contributed by atoms with van der Waals surface area (Å²) in [6, 6.07) is 35.3. The first-order valence-corrected chi connectivity index (χ1v) is 14.5. The SMILES string of the molecule is Cc1ccc(-n2c(-c3ccc(-c4ccc(-c5ccc(/C=C/C=C(/C#N)C(=O)O)s5)s4)cc3)nc3ccccc32)cc1. The van der Waals surface area contributed by atoms with Crippen LogP contribution in [0.1, 0.15) is 10.4 Å². The van der Waals surface area contributed by atoms with Crippen molar-refractivity contribution in [2.24, 2.45) is 0 Å². The molecule has 0 aliphatic heterocycles. The van der Waals surface area contributed by atoms with E-state index in [1.54, 1.807) is 34.8 Å². The van der Waals surface area contributed by atoms with Gasteiger partial charge in [0, 0.05) is 30.8 Å². The summed E-state index contributed by atoms with van der Waals surface area (Å²) < 4.78 is 2.22. The van der Waals surface area contributed by atoms with E-state index < -0.39 is 5.97 Å². The Labute approximate surface area is 245 Å². The molecule has 0 bridgehead atoms. The number of carboxylic acid groups (broad SMARTS) is 1. The largest absolute Gasteiger partial charge is 0.477 e. The fraction of sp³-hybridized carbons (Fsp3) is 0.0294. The van der Waals surface area contributed by atoms with Gasteiger partial charge in [0.1, 0.15) is 17.5 Å². The molecule has 0 saturated heterocycles. The molecule has 198 valence electrons. The normalized spacial score (nSPS) is 11.8. The van der Waals surface area contributed by atoms with Gasteiger partial charge in [-0.3, -0.25) is 4.57 Å². The highest BCUT2D eigenvalue weighted by molar-refractivity contribution is 7.24. The van der Waals surface area contributed by atoms with Crippen molar-refractivity contribution in [1.29, 1.82) is 5.26 Å². The number of para-hydroxylation sites is 2. The molecule has 0 fully saturated rings. The van der Waals surface area contributed by atoms with E-state index in [0.717, 1.165) is 48.3 Å². The Morgan fingerprint density at radius 2 is 1.54 bits per heavy atom. The molecule has 0 amide bonds. The van der Waals surface area contributed by atoms with Crippen molar-refractivity contribution >= 4 is 45.8 Å². The highest BCUT2D eigenvalue weighted by atomic mass is 32.1. The Bertz CT molecular complexity index is 1980. The van der Waals surface area contributed by atoms with Gasteiger partial charge >= 0.3 is 5.97 Å². The number of aromatic nitrogens is 2. The van der Waals surface area contributed by atoms with Crippen LogP contribution in [0.3, 0.4) is 0 Å². The number of aliphatic carboxylic acids is 1. The lowest BCUT2D eigenvalue weighted by Crippen LogP contribution is -1.97. The van der Waals surface area contributed by atoms with Crippen molar-refractivity contribution in [2.75, 3.05) is 0 Å². The van der Waals surface area contributed by atoms with Crippen LogP contribution in [0.15, 0.2) is 115 Å². The number of fused-ring (bicyclic) bond motifs is 1. The average Bonchev–Trinajstić information content (AvgIpc) is 3.74. The fourth-order valence-electron chi connectivity index (χ4n) is 4.55. The molecule has 0 aliphatic rings. The number of aryl methyl sites for hydroxylation is 1. The van der Waals surface area contributed by atoms with E-state index in [-0.39, 0.29) is 5.57 Å². The van der Waals surface area contributed by atoms with E-state index in [2.05, 4.69) is 84.3 Å². The molecule has 7 heteroatoms. The van der Waals surface area contributed by atoms with Crippen molar-refractivity contribution in [3.63, 3.8) is 0 Å². The Morgan fingerprint density at radius 3 is 2.29 bits per heavy atom. The molecule has 0 unspecified atom stereocenters. The van der Waals surface area contributed by atoms with Crippen molar-refractivity contribution in [2.45, 2.75) is 6.92 Å². The predicted octanol–water partition coefficient (Wildman–Crippen LogP) is 9.01. The van der Waals surface area contributed by atoms with Gasteiger partial charge in [0.05, 0.1) is 11.0 Å². The third-order valence-corrected chi connectivity index (χ3v) is 9.01. The predicted molar refractivity (Wildman–Crippen MR) is 168 cm³/mol. The standard InChI is InChI=1S/C34H23N3O2S2/c1-22-9-15-26(16-10-22)37-29-8-3-2-7-28(29)36-33(37)24-13-11-23(12-14-24)30-19-20-32(41-30)31-18-17-27(40-31)6-4-5-25(21-35)34(38)39/h2-20H,1H3,(H,38,39)/b6-4+,25-5-. The van der Waals surface area contributed by atoms with Crippen LogP contribution in [0.2, 0.25) is 0 Å². The number of hydrogen-bond donors (Lipinski definition) is 1. The summed E-state index contributed by atoms with van der Waals surface area (Å²) in [6.07, 6.45) is 4.72. The van der Waals surface area contributed by atoms with Gasteiger partial charge in [0.25, 0.3) is 0 Å². The minimum Gasteiger partial charge on any atom is -0.477 e. The zero-order valence-corrected chi connectivity index (χ0v) is 23.6. The van der Waals surface area contributed by atoms with Crippen molar-refractivity contribution in [3.05, 3.63) is 125 Å². The highest BCUT2D eigenvalue weighted by Gasteiger charge is 2.15. The molecule has 0 spiro atoms. The molecular weight excluding hydrogens is 547 g/mol. The molecule has 3 aromatic carbocycles. The number of carbonyl (C=O) groups is 1. The Balaban J connectivity index is 1.26. The van der Waals surface area contributed by atoms with Crippen LogP contribution in [-0.2, 0) is 4.79 Å². The zero-order chi connectivity index (χ0) is 28.3. The molecule has 0 aliphatic carbocycles. The molecule has 5 nitrogen and oxygen atoms in total. The summed E-state index contributed by atoms with van der Waals surface area (Å²) in [4.78, 5) is 20.4. The second kappa shape index (κ2) is 11.2. The number of nitrogens with zero attached hydrogens (tertiary/aromatic N) is 3. The monoisotopic (exact) mass is 569 g/mol. The van der Waals surface area contributed by atoms with Gasteiger partial charge in [-0.25, -0.2) is 9.78 Å². The molecule has 1 N–H and O–H groups in total. The number of carboxylic acids is 1. The van der Waals surface area contributed by atoms with Gasteiger partial charge in [-0.05, 0) is 73.2 Å². The molecule has 3 heterocycles. The summed E-state index contributed by atoms with van der Waals surface area (Å²) in [6.45, 7) is 2.09. The maximum absolute atomic E-state index is 11.0. The topological polar surface area (TPSA) is 78.9 Å². The summed E-state index contributed by atoms with van der Waals surface area (Å²) in [5.74, 6) is -0.319. The van der Waals surface area contributed by atoms with Crippen LogP contribution in [0, 0.1) is 18.3 Å². The third kappa shape index (κ3) is 5.39. The van der Waals surface area contributed by atoms with Gasteiger partial charge in [-0.15, -0.1) is 22.7 Å². The molecule has 0 atom stereocenters. The van der Waals surface area contributed by atoms with Crippen LogP contribution < -0.4 is 0 Å². The molecule has 6 aromatic rings. The van der Waals surface area contributed by atoms with Gasteiger partial charge in [0.2, 0.25) is 0 Å². The van der Waals surface area contributed by atoms with Crippen LogP contribution in [-0.4, -0.2) is 20.6 Å². The van der Waals surface area contributed by atoms with E-state index >= 15 is 0 Å². The van der Waals surface area contributed by atoms with E-state index in [0.29, 0.717) is 0 Å². The van der Waals surface area contributed by atoms with Gasteiger partial charge in [-0.2, -0.15) is 5.26 Å². The first kappa shape index (κ1) is 26.2. The first-order valence-electron chi connectivity index (χ1n) is 12.9. The lowest BCUT2D eigenvalue weighted by Gasteiger charge is -2.10. The van der Waals surface area contributed by atoms with Gasteiger partial charge in [0.15, 0.2) is 0 Å². The van der Waals surface area contributed by atoms with Crippen molar-refractivity contribution in [1.82, 2.24) is 9.55 Å². The second-order valence-corrected chi connectivity index (χ2v) is 11.6. The minimum absolute atomic E-state index is 0.292. The van der Waals surface area contributed by atoms with E-state index in [1.807, 2.05) is 30.3 Å². The van der Waals surface area contributed by atoms with E-state index in [1.165, 1.54) is 16.5 Å². The first-order chi connectivity index (χ1) is 20.0. The third-order valence-electron chi connectivity index (χ3n) is 6.63. The lowest BCUT2D eigenvalue weighted by molar-refractivity contribution is -0.132. The fourth-order valence-corrected chi connectivity index (χ4v) is 6.58. The quantitative estimate of drug-likeness (QED) is 0.118. The molecule has 0 saturated carbocycles. The summed E-state index contributed by atoms with van der Waals surface area (Å²) >= 11 is 3.35. The second-order valence-electron chi connectivity index (χ2n) is 9.39. The number of benzene rings is 3. The molecule has 0 radical (unpaired) electrons. The Hall–Kier alpha value is -5.03. The number of allylic oxidation sites excluding steroid dienone is 2. The number of thiophene rings is 2. The van der Waals surface area contributed by atoms with Crippen molar-refractivity contribution in [3.8, 4) is 43.3 Å². The molecular formula is C34H23N3O2S2. The van der Waals surface area contributed by atoms with Crippen LogP contribution >= 0.6 is 22.7 Å². The Kier molecular flexibility index (Phi) is 7.17. The van der Waals surface area contributed by atoms with Crippen LogP contribution in [0.4, 0.5) is 0 Å². The summed E-state index contributed by atoms with van der Waals surface area (Å²) in [5, 5.41) is 17.8. The van der Waals surface area contributed by atoms with Gasteiger partial charge in [-0.1, -0.05) is 60.2 Å². The summed E-state index contributed by atoms with van der Waals surface area (Å²) in [5.41, 5.74) is 6.24. The number of nitriles is 1. The average molecular weight is 570 g/mol. The number of imidazole rings is 1. The summed E-state index contributed by atoms with van der Waals surface area (Å²) in [7, 11) is 0. The lowest BCUT2D eigenvalue weighted by atomic mass is 10.1. The molecule has 3 aromatic heterocycles. The number of rotatable bonds is 7. The van der Waals surface area contributed by atoms with Gasteiger partial charge < -0.3 is 5.11 Å². The van der Waals surface area contributed by atoms with Crippen LogP contribution in [0.25, 0.3) is 54.4 Å². The molecule has 6 rings (SSSR count). The smallest absolute Gasteiger partial charge is 0.346 e. The minimum atomic E-state index is -1.23. The maximum atomic E-state index is 11.0.